The summed E-state index contributed by atoms with van der Waals surface area (Å²) in [7, 11) is 0. The van der Waals surface area contributed by atoms with Crippen LogP contribution in [0.5, 0.6) is 5.75 Å². The molecule has 0 spiro atoms. The molecule has 0 bridgehead atoms. The minimum absolute atomic E-state index is 0.299. The molecular weight excluding hydrogens is 316 g/mol. The lowest BCUT2D eigenvalue weighted by Crippen LogP contribution is -2.73. The van der Waals surface area contributed by atoms with Crippen molar-refractivity contribution < 1.29 is 18.2 Å². The Balaban J connectivity index is 1.93. The van der Waals surface area contributed by atoms with E-state index >= 15 is 4.32 Å². The van der Waals surface area contributed by atoms with E-state index in [-0.39, 0.29) is 0 Å². The van der Waals surface area contributed by atoms with E-state index in [2.05, 4.69) is 0 Å². The molecule has 1 atom stereocenters. The lowest BCUT2D eigenvalue weighted by Gasteiger charge is -2.34. The van der Waals surface area contributed by atoms with Crippen LogP contribution in [0.15, 0.2) is 66.9 Å². The summed E-state index contributed by atoms with van der Waals surface area (Å²) in [5.74, 6) is 0.389. The maximum atomic E-state index is 16.1. The summed E-state index contributed by atoms with van der Waals surface area (Å²) >= 11 is 0. The zero-order valence-corrected chi connectivity index (χ0v) is 14.1. The van der Waals surface area contributed by atoms with Gasteiger partial charge in [0.25, 0.3) is 0 Å². The van der Waals surface area contributed by atoms with Gasteiger partial charge in [-0.2, -0.15) is 0 Å². The Labute approximate surface area is 145 Å². The van der Waals surface area contributed by atoms with Gasteiger partial charge in [-0.25, -0.2) is 0 Å². The number of hydrogen-bond acceptors (Lipinski definition) is 2. The fourth-order valence-electron chi connectivity index (χ4n) is 3.36. The Morgan fingerprint density at radius 3 is 2.48 bits per heavy atom. The normalized spacial score (nSPS) is 18.0. The summed E-state index contributed by atoms with van der Waals surface area (Å²) in [6.45, 7) is 0.394. The van der Waals surface area contributed by atoms with E-state index in [1.165, 1.54) is 4.48 Å². The lowest BCUT2D eigenvalue weighted by molar-refractivity contribution is -0.555. The van der Waals surface area contributed by atoms with Gasteiger partial charge in [-0.05, 0) is 43.7 Å². The van der Waals surface area contributed by atoms with Crippen LogP contribution in [0.2, 0.25) is 0 Å². The van der Waals surface area contributed by atoms with Crippen molar-refractivity contribution in [3.8, 4) is 17.0 Å². The molecule has 1 aromatic heterocycles. The topological polar surface area (TPSA) is 30.2 Å². The highest BCUT2D eigenvalue weighted by atomic mass is 19.1. The number of carbonyl (C=O) groups is 1. The van der Waals surface area contributed by atoms with Crippen molar-refractivity contribution in [2.45, 2.75) is 13.8 Å². The Bertz CT molecular complexity index is 987. The van der Waals surface area contributed by atoms with Crippen molar-refractivity contribution in [2.75, 3.05) is 0 Å². The SMILES string of the molecule is Cc1ccc(C(=O)[B@@-]2(F)Oc3ccccc3-c3c(C)ccc[n+]32)cc1. The van der Waals surface area contributed by atoms with Gasteiger partial charge < -0.3 is 18.2 Å². The molecule has 0 fully saturated rings. The molecule has 0 radical (unpaired) electrons. The molecule has 2 heterocycles. The minimum Gasteiger partial charge on any atom is -0.624 e. The second-order valence-electron chi connectivity index (χ2n) is 6.44. The first-order chi connectivity index (χ1) is 12.0. The van der Waals surface area contributed by atoms with Crippen LogP contribution >= 0.6 is 0 Å². The zero-order valence-electron chi connectivity index (χ0n) is 14.1. The maximum absolute atomic E-state index is 16.1. The smallest absolute Gasteiger partial charge is 0.624 e. The highest BCUT2D eigenvalue weighted by Gasteiger charge is 2.55. The third-order valence-corrected chi connectivity index (χ3v) is 4.67. The van der Waals surface area contributed by atoms with Crippen LogP contribution in [0.1, 0.15) is 21.5 Å². The van der Waals surface area contributed by atoms with Crippen molar-refractivity contribution in [3.05, 3.63) is 83.6 Å². The van der Waals surface area contributed by atoms with Crippen LogP contribution in [0.4, 0.5) is 4.32 Å². The summed E-state index contributed by atoms with van der Waals surface area (Å²) < 4.78 is 23.1. The van der Waals surface area contributed by atoms with Gasteiger partial charge in [-0.15, -0.1) is 0 Å². The summed E-state index contributed by atoms with van der Waals surface area (Å²) in [4.78, 5) is 13.0. The highest BCUT2D eigenvalue weighted by Crippen LogP contribution is 2.36. The van der Waals surface area contributed by atoms with Crippen LogP contribution in [0, 0.1) is 13.8 Å². The third-order valence-electron chi connectivity index (χ3n) is 4.67. The van der Waals surface area contributed by atoms with E-state index in [0.717, 1.165) is 16.7 Å². The molecule has 4 rings (SSSR count). The van der Waals surface area contributed by atoms with Gasteiger partial charge in [-0.3, -0.25) is 0 Å². The number of nitrogens with zero attached hydrogens (tertiary/aromatic N) is 1. The molecule has 1 aliphatic rings. The summed E-state index contributed by atoms with van der Waals surface area (Å²) in [5, 5.41) is 0. The number of para-hydroxylation sites is 1. The molecule has 0 unspecified atom stereocenters. The molecule has 3 aromatic rings. The molecule has 25 heavy (non-hydrogen) atoms. The average molecular weight is 333 g/mol. The standard InChI is InChI=1S/C20H17BFNO2/c1-14-9-11-16(12-10-14)20(24)21(22)23-13-5-6-15(2)19(23)17-7-3-4-8-18(17)25-21/h3-13H,1-2H3/t21-/m0/s1. The summed E-state index contributed by atoms with van der Waals surface area (Å²) in [5.41, 5.74) is 2.99. The van der Waals surface area contributed by atoms with Gasteiger partial charge in [-0.1, -0.05) is 42.0 Å². The number of benzene rings is 2. The monoisotopic (exact) mass is 333 g/mol. The molecule has 124 valence electrons. The van der Waals surface area contributed by atoms with Crippen molar-refractivity contribution in [1.82, 2.24) is 0 Å². The first-order valence-electron chi connectivity index (χ1n) is 8.24. The first kappa shape index (κ1) is 15.6. The lowest BCUT2D eigenvalue weighted by atomic mass is 9.64. The Morgan fingerprint density at radius 2 is 1.72 bits per heavy atom. The Hall–Kier alpha value is -2.95. The van der Waals surface area contributed by atoms with Crippen LogP contribution in [0.25, 0.3) is 11.3 Å². The Morgan fingerprint density at radius 1 is 1.00 bits per heavy atom. The second kappa shape index (κ2) is 5.55. The fraction of sp³-hybridized carbons (Fsp3) is 0.100. The van der Waals surface area contributed by atoms with Crippen LogP contribution in [-0.2, 0) is 0 Å². The fourth-order valence-corrected chi connectivity index (χ4v) is 3.36. The number of fused-ring (bicyclic) bond motifs is 3. The molecule has 0 N–H and O–H groups in total. The molecule has 0 aliphatic carbocycles. The summed E-state index contributed by atoms with van der Waals surface area (Å²) in [6, 6.07) is 17.7. The quantitative estimate of drug-likeness (QED) is 0.667. The van der Waals surface area contributed by atoms with Crippen molar-refractivity contribution >= 4 is 12.4 Å². The maximum Gasteiger partial charge on any atom is 0.704 e. The zero-order chi connectivity index (χ0) is 17.6. The van der Waals surface area contributed by atoms with E-state index in [0.29, 0.717) is 17.0 Å². The van der Waals surface area contributed by atoms with Gasteiger partial charge in [0.15, 0.2) is 11.4 Å². The third kappa shape index (κ3) is 2.35. The molecule has 1 aliphatic heterocycles. The molecule has 0 amide bonds. The van der Waals surface area contributed by atoms with Crippen LogP contribution < -0.4 is 9.13 Å². The number of aromatic nitrogens is 1. The molecule has 3 nitrogen and oxygen atoms in total. The van der Waals surface area contributed by atoms with Crippen molar-refractivity contribution in [2.24, 2.45) is 0 Å². The van der Waals surface area contributed by atoms with E-state index < -0.39 is 12.4 Å². The molecular formula is C20H17BFNO2. The molecule has 0 saturated carbocycles. The Kier molecular flexibility index (Phi) is 3.46. The number of rotatable bonds is 2. The van der Waals surface area contributed by atoms with E-state index in [1.54, 1.807) is 48.7 Å². The second-order valence-corrected chi connectivity index (χ2v) is 6.44. The van der Waals surface area contributed by atoms with Crippen LogP contribution in [-0.4, -0.2) is 12.4 Å². The van der Waals surface area contributed by atoms with Gasteiger partial charge >= 0.3 is 6.76 Å². The van der Waals surface area contributed by atoms with Crippen LogP contribution in [0.3, 0.4) is 0 Å². The number of aryl methyl sites for hydroxylation is 2. The van der Waals surface area contributed by atoms with E-state index in [9.17, 15) is 4.79 Å². The predicted molar refractivity (Wildman–Crippen MR) is 95.2 cm³/mol. The first-order valence-corrected chi connectivity index (χ1v) is 8.24. The van der Waals surface area contributed by atoms with Gasteiger partial charge in [0.1, 0.15) is 6.20 Å². The van der Waals surface area contributed by atoms with Gasteiger partial charge in [0, 0.05) is 5.56 Å². The number of pyridine rings is 1. The number of halogens is 1. The molecule has 5 heteroatoms. The van der Waals surface area contributed by atoms with Gasteiger partial charge in [0.2, 0.25) is 0 Å². The average Bonchev–Trinajstić information content (AvgIpc) is 2.62. The van der Waals surface area contributed by atoms with E-state index in [4.69, 9.17) is 4.65 Å². The van der Waals surface area contributed by atoms with Crippen molar-refractivity contribution in [3.63, 3.8) is 0 Å². The highest BCUT2D eigenvalue weighted by molar-refractivity contribution is 6.93. The largest absolute Gasteiger partial charge is 0.704 e. The molecule has 2 aromatic carbocycles. The van der Waals surface area contributed by atoms with Crippen molar-refractivity contribution in [1.29, 1.82) is 0 Å². The van der Waals surface area contributed by atoms with E-state index in [1.807, 2.05) is 32.0 Å². The van der Waals surface area contributed by atoms with Gasteiger partial charge in [0.05, 0.1) is 11.3 Å². The predicted octanol–water partition coefficient (Wildman–Crippen LogP) is 3.83. The number of hydrogen-bond donors (Lipinski definition) is 0. The summed E-state index contributed by atoms with van der Waals surface area (Å²) in [6.07, 6.45) is 1.57. The molecule has 0 saturated heterocycles. The minimum atomic E-state index is -3.43. The number of carbonyl (C=O) groups excluding carboxylic acids is 1.